The molecule has 0 fully saturated rings. The van der Waals surface area contributed by atoms with E-state index in [1.54, 1.807) is 18.2 Å². The highest BCUT2D eigenvalue weighted by Gasteiger charge is 2.15. The van der Waals surface area contributed by atoms with Gasteiger partial charge in [0.1, 0.15) is 0 Å². The average Bonchev–Trinajstić information content (AvgIpc) is 2.50. The van der Waals surface area contributed by atoms with Crippen LogP contribution in [0.5, 0.6) is 0 Å². The average molecular weight is 344 g/mol. The van der Waals surface area contributed by atoms with Crippen LogP contribution in [0.25, 0.3) is 0 Å². The number of hydrogen-bond donors (Lipinski definition) is 2. The van der Waals surface area contributed by atoms with Gasteiger partial charge in [0.2, 0.25) is 5.91 Å². The van der Waals surface area contributed by atoms with E-state index in [9.17, 15) is 4.79 Å². The van der Waals surface area contributed by atoms with Crippen LogP contribution in [0.4, 0.5) is 5.69 Å². The van der Waals surface area contributed by atoms with E-state index in [-0.39, 0.29) is 5.91 Å². The monoisotopic (exact) mass is 343 g/mol. The summed E-state index contributed by atoms with van der Waals surface area (Å²) in [4.78, 5) is 12.1. The summed E-state index contributed by atoms with van der Waals surface area (Å²) < 4.78 is 0.654. The van der Waals surface area contributed by atoms with Crippen LogP contribution in [0.2, 0.25) is 0 Å². The fourth-order valence-electron chi connectivity index (χ4n) is 1.87. The largest absolute Gasteiger partial charge is 0.324 e. The number of halogens is 1. The number of nitrogens with one attached hydrogen (secondary N) is 1. The standard InChI is InChI=1S/C16H14BrN3O/c17-13-8-12(10-18)6-7-15(13)20-16(21)14(19)9-11-4-2-1-3-5-11/h1-8,14H,9,19H2,(H,20,21)/t14-/m1/s1. The lowest BCUT2D eigenvalue weighted by atomic mass is 10.1. The first kappa shape index (κ1) is 15.2. The Morgan fingerprint density at radius 2 is 2.00 bits per heavy atom. The number of hydrogen-bond acceptors (Lipinski definition) is 3. The number of nitriles is 1. The van der Waals surface area contributed by atoms with Crippen molar-refractivity contribution in [2.75, 3.05) is 5.32 Å². The van der Waals surface area contributed by atoms with Crippen molar-refractivity contribution in [1.82, 2.24) is 0 Å². The van der Waals surface area contributed by atoms with Crippen LogP contribution in [-0.2, 0) is 11.2 Å². The topological polar surface area (TPSA) is 78.9 Å². The lowest BCUT2D eigenvalue weighted by Gasteiger charge is -2.13. The Labute approximate surface area is 131 Å². The summed E-state index contributed by atoms with van der Waals surface area (Å²) in [7, 11) is 0. The summed E-state index contributed by atoms with van der Waals surface area (Å²) in [5, 5.41) is 11.6. The summed E-state index contributed by atoms with van der Waals surface area (Å²) >= 11 is 3.33. The number of nitrogens with two attached hydrogens (primary N) is 1. The third-order valence-electron chi connectivity index (χ3n) is 2.99. The highest BCUT2D eigenvalue weighted by Crippen LogP contribution is 2.23. The van der Waals surface area contributed by atoms with Crippen LogP contribution in [-0.4, -0.2) is 11.9 Å². The number of carbonyl (C=O) groups excluding carboxylic acids is 1. The quantitative estimate of drug-likeness (QED) is 0.895. The van der Waals surface area contributed by atoms with Crippen molar-refractivity contribution < 1.29 is 4.79 Å². The highest BCUT2D eigenvalue weighted by atomic mass is 79.9. The molecule has 0 aliphatic rings. The van der Waals surface area contributed by atoms with Crippen LogP contribution in [0.1, 0.15) is 11.1 Å². The Bertz CT molecular complexity index is 680. The first-order valence-corrected chi connectivity index (χ1v) is 7.19. The predicted molar refractivity (Wildman–Crippen MR) is 85.6 cm³/mol. The SMILES string of the molecule is N#Cc1ccc(NC(=O)[C@H](N)Cc2ccccc2)c(Br)c1. The van der Waals surface area contributed by atoms with Gasteiger partial charge in [-0.05, 0) is 46.1 Å². The second-order valence-electron chi connectivity index (χ2n) is 4.59. The molecule has 3 N–H and O–H groups in total. The molecule has 0 spiro atoms. The molecule has 106 valence electrons. The number of rotatable bonds is 4. The normalized spacial score (nSPS) is 11.5. The third kappa shape index (κ3) is 4.15. The molecule has 0 saturated heterocycles. The second-order valence-corrected chi connectivity index (χ2v) is 5.45. The van der Waals surface area contributed by atoms with Gasteiger partial charge in [-0.15, -0.1) is 0 Å². The maximum Gasteiger partial charge on any atom is 0.241 e. The minimum atomic E-state index is -0.630. The summed E-state index contributed by atoms with van der Waals surface area (Å²) in [6, 6.07) is 16.0. The van der Waals surface area contributed by atoms with Crippen LogP contribution in [0, 0.1) is 11.3 Å². The number of amides is 1. The molecule has 0 radical (unpaired) electrons. The minimum absolute atomic E-state index is 0.260. The van der Waals surface area contributed by atoms with Crippen LogP contribution in [0.3, 0.4) is 0 Å². The van der Waals surface area contributed by atoms with E-state index in [4.69, 9.17) is 11.0 Å². The summed E-state index contributed by atoms with van der Waals surface area (Å²) in [6.07, 6.45) is 0.473. The van der Waals surface area contributed by atoms with Crippen molar-refractivity contribution in [2.24, 2.45) is 5.73 Å². The molecule has 2 aromatic carbocycles. The second kappa shape index (κ2) is 7.02. The van der Waals surface area contributed by atoms with Crippen molar-refractivity contribution in [3.05, 3.63) is 64.1 Å². The molecule has 0 bridgehead atoms. The van der Waals surface area contributed by atoms with Crippen LogP contribution < -0.4 is 11.1 Å². The van der Waals surface area contributed by atoms with Gasteiger partial charge in [-0.1, -0.05) is 30.3 Å². The van der Waals surface area contributed by atoms with Crippen molar-refractivity contribution >= 4 is 27.5 Å². The first-order valence-electron chi connectivity index (χ1n) is 6.40. The van der Waals surface area contributed by atoms with Crippen LogP contribution >= 0.6 is 15.9 Å². The Morgan fingerprint density at radius 1 is 1.29 bits per heavy atom. The van der Waals surface area contributed by atoms with Gasteiger partial charge in [0.25, 0.3) is 0 Å². The van der Waals surface area contributed by atoms with Gasteiger partial charge in [-0.2, -0.15) is 5.26 Å². The summed E-state index contributed by atoms with van der Waals surface area (Å²) in [6.45, 7) is 0. The van der Waals surface area contributed by atoms with E-state index in [2.05, 4.69) is 21.2 Å². The van der Waals surface area contributed by atoms with E-state index in [0.717, 1.165) is 5.56 Å². The van der Waals surface area contributed by atoms with Gasteiger partial charge in [-0.3, -0.25) is 4.79 Å². The summed E-state index contributed by atoms with van der Waals surface area (Å²) in [5.74, 6) is -0.260. The van der Waals surface area contributed by atoms with E-state index in [1.165, 1.54) is 0 Å². The number of benzene rings is 2. The van der Waals surface area contributed by atoms with E-state index in [1.807, 2.05) is 36.4 Å². The summed E-state index contributed by atoms with van der Waals surface area (Å²) in [5.41, 5.74) is 8.06. The Balaban J connectivity index is 2.03. The molecule has 0 aliphatic heterocycles. The Morgan fingerprint density at radius 3 is 2.62 bits per heavy atom. The number of carbonyl (C=O) groups is 1. The maximum atomic E-state index is 12.1. The molecule has 2 aromatic rings. The van der Waals surface area contributed by atoms with Gasteiger partial charge in [0.05, 0.1) is 23.4 Å². The molecule has 1 atom stereocenters. The Kier molecular flexibility index (Phi) is 5.09. The molecule has 0 saturated carbocycles. The van der Waals surface area contributed by atoms with Gasteiger partial charge in [-0.25, -0.2) is 0 Å². The molecule has 0 aromatic heterocycles. The fraction of sp³-hybridized carbons (Fsp3) is 0.125. The molecule has 4 nitrogen and oxygen atoms in total. The molecule has 1 amide bonds. The van der Waals surface area contributed by atoms with E-state index < -0.39 is 6.04 Å². The lowest BCUT2D eigenvalue weighted by Crippen LogP contribution is -2.37. The van der Waals surface area contributed by atoms with Crippen LogP contribution in [0.15, 0.2) is 53.0 Å². The number of nitrogens with zero attached hydrogens (tertiary/aromatic N) is 1. The van der Waals surface area contributed by atoms with Gasteiger partial charge >= 0.3 is 0 Å². The zero-order valence-electron chi connectivity index (χ0n) is 11.2. The van der Waals surface area contributed by atoms with Crippen molar-refractivity contribution in [2.45, 2.75) is 12.5 Å². The minimum Gasteiger partial charge on any atom is -0.324 e. The molecule has 21 heavy (non-hydrogen) atoms. The fourth-order valence-corrected chi connectivity index (χ4v) is 2.35. The Hall–Kier alpha value is -2.16. The molecule has 2 rings (SSSR count). The molecule has 0 aliphatic carbocycles. The highest BCUT2D eigenvalue weighted by molar-refractivity contribution is 9.10. The van der Waals surface area contributed by atoms with Gasteiger partial charge in [0.15, 0.2) is 0 Å². The van der Waals surface area contributed by atoms with Crippen molar-refractivity contribution in [1.29, 1.82) is 5.26 Å². The predicted octanol–water partition coefficient (Wildman–Crippen LogP) is 2.83. The molecular formula is C16H14BrN3O. The third-order valence-corrected chi connectivity index (χ3v) is 3.65. The van der Waals surface area contributed by atoms with Crippen molar-refractivity contribution in [3.63, 3.8) is 0 Å². The zero-order chi connectivity index (χ0) is 15.2. The van der Waals surface area contributed by atoms with Crippen molar-refractivity contribution in [3.8, 4) is 6.07 Å². The lowest BCUT2D eigenvalue weighted by molar-refractivity contribution is -0.117. The van der Waals surface area contributed by atoms with Gasteiger partial charge in [0, 0.05) is 4.47 Å². The zero-order valence-corrected chi connectivity index (χ0v) is 12.8. The molecule has 0 unspecified atom stereocenters. The smallest absolute Gasteiger partial charge is 0.241 e. The van der Waals surface area contributed by atoms with Gasteiger partial charge < -0.3 is 11.1 Å². The molecule has 0 heterocycles. The molecule has 5 heteroatoms. The van der Waals surface area contributed by atoms with E-state index in [0.29, 0.717) is 22.1 Å². The first-order chi connectivity index (χ1) is 10.1. The number of anilines is 1. The van der Waals surface area contributed by atoms with E-state index >= 15 is 0 Å². The molecular weight excluding hydrogens is 330 g/mol. The maximum absolute atomic E-state index is 12.1.